The molecular weight excluding hydrogens is 936 g/mol. The first-order chi connectivity index (χ1) is 32.2. The number of phenols is 26. The average molecular weight is 963 g/mol. The normalized spacial score (nSPS) is 11.8. The molecule has 9 aromatic rings. The van der Waals surface area contributed by atoms with Gasteiger partial charge in [-0.2, -0.15) is 0 Å². The van der Waals surface area contributed by atoms with Gasteiger partial charge in [0.25, 0.3) is 0 Å². The highest BCUT2D eigenvalue weighted by Gasteiger charge is 2.41. The number of aromatic hydroxyl groups is 26. The van der Waals surface area contributed by atoms with Crippen LogP contribution in [-0.4, -0.2) is 133 Å². The highest BCUT2D eigenvalue weighted by Crippen LogP contribution is 2.70. The first kappa shape index (κ1) is 43.4. The fraction of sp³-hybridized carbons (Fsp3) is 0. The van der Waals surface area contributed by atoms with Crippen LogP contribution >= 0.6 is 0 Å². The maximum atomic E-state index is 12.4. The molecule has 0 unspecified atom stereocenters. The van der Waals surface area contributed by atoms with Crippen molar-refractivity contribution in [1.29, 1.82) is 0 Å². The fourth-order valence-corrected chi connectivity index (χ4v) is 8.55. The van der Waals surface area contributed by atoms with Crippen molar-refractivity contribution in [2.24, 2.45) is 0 Å². The molecule has 0 amide bonds. The minimum Gasteiger partial charge on any atom is -0.506 e. The van der Waals surface area contributed by atoms with Crippen molar-refractivity contribution >= 4 is 54.3 Å². The average Bonchev–Trinajstić information content (AvgIpc) is 3.72. The maximum absolute atomic E-state index is 12.4. The lowest BCUT2D eigenvalue weighted by atomic mass is 9.80. The van der Waals surface area contributed by atoms with E-state index in [0.717, 1.165) is 0 Å². The smallest absolute Gasteiger partial charge is 0.208 e. The molecule has 0 aliphatic rings. The summed E-state index contributed by atoms with van der Waals surface area (Å²) in [5, 5.41) is 279. The lowest BCUT2D eigenvalue weighted by Gasteiger charge is -2.25. The van der Waals surface area contributed by atoms with Crippen LogP contribution < -0.4 is 0 Å². The maximum Gasteiger partial charge on any atom is 0.208 e. The number of furan rings is 1. The second kappa shape index (κ2) is 13.4. The molecule has 27 nitrogen and oxygen atoms in total. The molecule has 0 aliphatic heterocycles. The highest BCUT2D eigenvalue weighted by molar-refractivity contribution is 6.34. The van der Waals surface area contributed by atoms with Gasteiger partial charge in [-0.3, -0.25) is 0 Å². The zero-order chi connectivity index (χ0) is 51.0. The topological polar surface area (TPSA) is 539 Å². The Labute approximate surface area is 373 Å². The van der Waals surface area contributed by atoms with Crippen LogP contribution in [0.2, 0.25) is 0 Å². The first-order valence-electron chi connectivity index (χ1n) is 18.5. The van der Waals surface area contributed by atoms with Crippen molar-refractivity contribution in [2.45, 2.75) is 0 Å². The van der Waals surface area contributed by atoms with Crippen molar-refractivity contribution in [3.63, 3.8) is 0 Å². The van der Waals surface area contributed by atoms with Gasteiger partial charge in [-0.1, -0.05) is 0 Å². The summed E-state index contributed by atoms with van der Waals surface area (Å²) in [5.74, 6) is -44.2. The Hall–Kier alpha value is -10.9. The summed E-state index contributed by atoms with van der Waals surface area (Å²) >= 11 is 0. The molecule has 26 N–H and O–H groups in total. The molecule has 0 radical (unpaired) electrons. The standard InChI is InChI=1S/C42H26O27/c43-15-8(13-24(52)33(61)37(65)34(62)25(13)53)9-12(23(51)32(60)31(59)22(9)50)16(44)11(15)2-5-3(17(45)27(55)29(57)19(5)47)1(4-6(2)20(48)30(58)28(56)18(4)46)7-10-14-26(54)35(63)38(66)40(68)42(14)69-41(10)39(67)36(64)21(7)49/h43-68H. The van der Waals surface area contributed by atoms with Gasteiger partial charge in [-0.25, -0.2) is 0 Å². The van der Waals surface area contributed by atoms with E-state index in [1.807, 2.05) is 0 Å². The van der Waals surface area contributed by atoms with Gasteiger partial charge in [0.15, 0.2) is 68.7 Å². The Morgan fingerprint density at radius 2 is 0.348 bits per heavy atom. The Balaban J connectivity index is 1.70. The number of hydrogen-bond donors (Lipinski definition) is 26. The van der Waals surface area contributed by atoms with Gasteiger partial charge < -0.3 is 137 Å². The SMILES string of the molecule is Oc1c(O)c(O)c(-c2c(O)c(-c3c4c(O)c(O)c(O)c(O)c4c(-c4c(O)c(O)c(O)c5oc6c(O)c(O)c(O)c(O)c6c45)c4c(O)c(O)c(O)c(O)c34)c(O)c3c(O)c(O)c(O)c(O)c23)c(O)c1O. The van der Waals surface area contributed by atoms with Crippen LogP contribution in [-0.2, 0) is 0 Å². The van der Waals surface area contributed by atoms with Crippen molar-refractivity contribution in [3.8, 4) is 183 Å². The van der Waals surface area contributed by atoms with Crippen LogP contribution in [0.15, 0.2) is 4.42 Å². The third kappa shape index (κ3) is 4.86. The number of rotatable bonds is 3. The van der Waals surface area contributed by atoms with E-state index in [-0.39, 0.29) is 0 Å². The summed E-state index contributed by atoms with van der Waals surface area (Å²) in [6, 6.07) is 0. The summed E-state index contributed by atoms with van der Waals surface area (Å²) in [6.07, 6.45) is 0. The van der Waals surface area contributed by atoms with Gasteiger partial charge in [-0.05, 0) is 0 Å². The monoisotopic (exact) mass is 962 g/mol. The molecule has 9 rings (SSSR count). The van der Waals surface area contributed by atoms with Crippen LogP contribution in [0.1, 0.15) is 0 Å². The zero-order valence-electron chi connectivity index (χ0n) is 33.0. The van der Waals surface area contributed by atoms with E-state index >= 15 is 0 Å². The quantitative estimate of drug-likeness (QED) is 0.0663. The Morgan fingerprint density at radius 3 is 0.739 bits per heavy atom. The summed E-state index contributed by atoms with van der Waals surface area (Å²) in [7, 11) is 0. The minimum atomic E-state index is -1.87. The molecule has 0 bridgehead atoms. The second-order valence-corrected chi connectivity index (χ2v) is 15.1. The van der Waals surface area contributed by atoms with Crippen molar-refractivity contribution in [2.75, 3.05) is 0 Å². The number of benzene rings is 8. The van der Waals surface area contributed by atoms with Gasteiger partial charge in [0.05, 0.1) is 21.9 Å². The van der Waals surface area contributed by atoms with Gasteiger partial charge in [0.1, 0.15) is 11.5 Å². The molecule has 0 saturated carbocycles. The molecule has 1 aromatic heterocycles. The van der Waals surface area contributed by atoms with Crippen molar-refractivity contribution in [1.82, 2.24) is 0 Å². The molecule has 356 valence electrons. The van der Waals surface area contributed by atoms with Crippen molar-refractivity contribution < 1.29 is 137 Å². The molecule has 0 fully saturated rings. The van der Waals surface area contributed by atoms with E-state index in [1.165, 1.54) is 0 Å². The van der Waals surface area contributed by atoms with E-state index < -0.39 is 237 Å². The fourth-order valence-electron chi connectivity index (χ4n) is 8.55. The Morgan fingerprint density at radius 1 is 0.130 bits per heavy atom. The molecule has 0 saturated heterocycles. The summed E-state index contributed by atoms with van der Waals surface area (Å²) in [4.78, 5) is 0. The predicted molar refractivity (Wildman–Crippen MR) is 226 cm³/mol. The summed E-state index contributed by atoms with van der Waals surface area (Å²) in [6.45, 7) is 0. The third-order valence-electron chi connectivity index (χ3n) is 11.7. The Kier molecular flexibility index (Phi) is 8.40. The molecule has 27 heteroatoms. The first-order valence-corrected chi connectivity index (χ1v) is 18.5. The largest absolute Gasteiger partial charge is 0.506 e. The van der Waals surface area contributed by atoms with Gasteiger partial charge in [0, 0.05) is 54.6 Å². The zero-order valence-corrected chi connectivity index (χ0v) is 33.0. The lowest BCUT2D eigenvalue weighted by molar-refractivity contribution is 0.329. The molecule has 0 atom stereocenters. The molecule has 8 aromatic carbocycles. The lowest BCUT2D eigenvalue weighted by Crippen LogP contribution is -1.98. The number of phenolic OH excluding ortho intramolecular Hbond substituents is 26. The van der Waals surface area contributed by atoms with Crippen LogP contribution in [0.25, 0.3) is 87.6 Å². The molecule has 0 spiro atoms. The van der Waals surface area contributed by atoms with E-state index in [9.17, 15) is 133 Å². The summed E-state index contributed by atoms with van der Waals surface area (Å²) < 4.78 is 5.40. The van der Waals surface area contributed by atoms with E-state index in [4.69, 9.17) is 4.42 Å². The van der Waals surface area contributed by atoms with Crippen LogP contribution in [0.4, 0.5) is 0 Å². The van der Waals surface area contributed by atoms with Crippen LogP contribution in [0.3, 0.4) is 0 Å². The summed E-state index contributed by atoms with van der Waals surface area (Å²) in [5.41, 5.74) is -11.1. The van der Waals surface area contributed by atoms with Gasteiger partial charge in [0.2, 0.25) is 80.5 Å². The van der Waals surface area contributed by atoms with E-state index in [1.54, 1.807) is 0 Å². The van der Waals surface area contributed by atoms with Gasteiger partial charge in [-0.15, -0.1) is 0 Å². The third-order valence-corrected chi connectivity index (χ3v) is 11.7. The molecule has 0 aliphatic carbocycles. The van der Waals surface area contributed by atoms with Crippen LogP contribution in [0, 0.1) is 0 Å². The predicted octanol–water partition coefficient (Wildman–Crippen LogP) is 4.39. The minimum absolute atomic E-state index is 1.06. The molecule has 69 heavy (non-hydrogen) atoms. The van der Waals surface area contributed by atoms with Crippen LogP contribution in [0.5, 0.6) is 149 Å². The van der Waals surface area contributed by atoms with Gasteiger partial charge >= 0.3 is 0 Å². The molecule has 1 heterocycles. The van der Waals surface area contributed by atoms with Crippen molar-refractivity contribution in [3.05, 3.63) is 0 Å². The number of fused-ring (bicyclic) bond motifs is 6. The Bertz CT molecular complexity index is 3850. The number of hydrogen-bond acceptors (Lipinski definition) is 27. The highest BCUT2D eigenvalue weighted by atomic mass is 16.4. The van der Waals surface area contributed by atoms with E-state index in [2.05, 4.69) is 0 Å². The second-order valence-electron chi connectivity index (χ2n) is 15.1. The molecular formula is C42H26O27. The van der Waals surface area contributed by atoms with E-state index in [0.29, 0.717) is 0 Å².